The SMILES string of the molecule is CCCCCCCN1CCC(C#N)(OC)CC1. The standard InChI is InChI=1S/C14H26N2O/c1-3-4-5-6-7-10-16-11-8-14(13-15,17-2)9-12-16/h3-12H2,1-2H3. The van der Waals surface area contributed by atoms with Gasteiger partial charge in [-0.25, -0.2) is 0 Å². The van der Waals surface area contributed by atoms with Gasteiger partial charge >= 0.3 is 0 Å². The second-order valence-electron chi connectivity index (χ2n) is 5.07. The fraction of sp³-hybridized carbons (Fsp3) is 0.929. The van der Waals surface area contributed by atoms with Gasteiger partial charge in [0.2, 0.25) is 0 Å². The first-order chi connectivity index (χ1) is 8.26. The van der Waals surface area contributed by atoms with Crippen molar-refractivity contribution in [2.75, 3.05) is 26.7 Å². The van der Waals surface area contributed by atoms with Crippen LogP contribution >= 0.6 is 0 Å². The highest BCUT2D eigenvalue weighted by Crippen LogP contribution is 2.25. The number of likely N-dealkylation sites (tertiary alicyclic amines) is 1. The van der Waals surface area contributed by atoms with Crippen LogP contribution in [0, 0.1) is 11.3 Å². The molecule has 3 nitrogen and oxygen atoms in total. The Kier molecular flexibility index (Phi) is 6.54. The van der Waals surface area contributed by atoms with Crippen LogP contribution in [-0.4, -0.2) is 37.2 Å². The lowest BCUT2D eigenvalue weighted by Crippen LogP contribution is -2.44. The third kappa shape index (κ3) is 4.65. The molecule has 0 bridgehead atoms. The van der Waals surface area contributed by atoms with Gasteiger partial charge in [0.25, 0.3) is 0 Å². The van der Waals surface area contributed by atoms with E-state index in [0.717, 1.165) is 25.9 Å². The molecule has 0 radical (unpaired) electrons. The van der Waals surface area contributed by atoms with E-state index in [2.05, 4.69) is 17.9 Å². The first kappa shape index (κ1) is 14.5. The highest BCUT2D eigenvalue weighted by atomic mass is 16.5. The van der Waals surface area contributed by atoms with E-state index in [1.807, 2.05) is 0 Å². The minimum Gasteiger partial charge on any atom is -0.363 e. The molecular formula is C14H26N2O. The number of methoxy groups -OCH3 is 1. The van der Waals surface area contributed by atoms with Gasteiger partial charge in [0, 0.05) is 33.0 Å². The molecule has 3 heteroatoms. The Labute approximate surface area is 106 Å². The van der Waals surface area contributed by atoms with Crippen molar-refractivity contribution < 1.29 is 4.74 Å². The maximum Gasteiger partial charge on any atom is 0.156 e. The van der Waals surface area contributed by atoms with Crippen molar-refractivity contribution in [2.24, 2.45) is 0 Å². The number of ether oxygens (including phenoxy) is 1. The van der Waals surface area contributed by atoms with Crippen LogP contribution in [-0.2, 0) is 4.74 Å². The van der Waals surface area contributed by atoms with Gasteiger partial charge in [-0.05, 0) is 13.0 Å². The summed E-state index contributed by atoms with van der Waals surface area (Å²) >= 11 is 0. The molecule has 1 aliphatic rings. The molecule has 0 aromatic rings. The van der Waals surface area contributed by atoms with Gasteiger partial charge < -0.3 is 9.64 Å². The second-order valence-corrected chi connectivity index (χ2v) is 5.07. The van der Waals surface area contributed by atoms with E-state index in [9.17, 15) is 0 Å². The van der Waals surface area contributed by atoms with Crippen molar-refractivity contribution in [3.63, 3.8) is 0 Å². The monoisotopic (exact) mass is 238 g/mol. The van der Waals surface area contributed by atoms with E-state index in [-0.39, 0.29) is 0 Å². The van der Waals surface area contributed by atoms with E-state index < -0.39 is 5.60 Å². The molecule has 0 aromatic heterocycles. The van der Waals surface area contributed by atoms with Gasteiger partial charge in [0.05, 0.1) is 6.07 Å². The number of nitrogens with zero attached hydrogens (tertiary/aromatic N) is 2. The predicted octanol–water partition coefficient (Wildman–Crippen LogP) is 2.96. The van der Waals surface area contributed by atoms with E-state index in [1.165, 1.54) is 38.6 Å². The Balaban J connectivity index is 2.13. The number of piperidine rings is 1. The van der Waals surface area contributed by atoms with Gasteiger partial charge in [-0.1, -0.05) is 32.6 Å². The average molecular weight is 238 g/mol. The van der Waals surface area contributed by atoms with Crippen LogP contribution in [0.2, 0.25) is 0 Å². The Morgan fingerprint density at radius 1 is 1.18 bits per heavy atom. The molecule has 1 saturated heterocycles. The topological polar surface area (TPSA) is 36.3 Å². The molecule has 98 valence electrons. The quantitative estimate of drug-likeness (QED) is 0.640. The van der Waals surface area contributed by atoms with E-state index in [1.54, 1.807) is 7.11 Å². The summed E-state index contributed by atoms with van der Waals surface area (Å²) in [6.07, 6.45) is 8.39. The molecule has 0 saturated carbocycles. The normalized spacial score (nSPS) is 20.1. The van der Waals surface area contributed by atoms with Gasteiger partial charge in [0.15, 0.2) is 5.60 Å². The lowest BCUT2D eigenvalue weighted by Gasteiger charge is -2.36. The molecule has 0 unspecified atom stereocenters. The molecule has 0 N–H and O–H groups in total. The zero-order valence-corrected chi connectivity index (χ0v) is 11.4. The summed E-state index contributed by atoms with van der Waals surface area (Å²) < 4.78 is 5.35. The van der Waals surface area contributed by atoms with E-state index in [4.69, 9.17) is 10.00 Å². The van der Waals surface area contributed by atoms with E-state index >= 15 is 0 Å². The highest BCUT2D eigenvalue weighted by molar-refractivity contribution is 5.04. The summed E-state index contributed by atoms with van der Waals surface area (Å²) in [6, 6.07) is 2.32. The molecule has 1 heterocycles. The Morgan fingerprint density at radius 3 is 2.35 bits per heavy atom. The summed E-state index contributed by atoms with van der Waals surface area (Å²) in [5.74, 6) is 0. The van der Waals surface area contributed by atoms with Gasteiger partial charge in [-0.3, -0.25) is 0 Å². The summed E-state index contributed by atoms with van der Waals surface area (Å²) in [7, 11) is 1.66. The molecule has 1 aliphatic heterocycles. The second kappa shape index (κ2) is 7.68. The zero-order valence-electron chi connectivity index (χ0n) is 11.4. The molecular weight excluding hydrogens is 212 g/mol. The van der Waals surface area contributed by atoms with Crippen LogP contribution in [0.1, 0.15) is 51.9 Å². The van der Waals surface area contributed by atoms with Crippen molar-refractivity contribution in [3.8, 4) is 6.07 Å². The molecule has 0 atom stereocenters. The van der Waals surface area contributed by atoms with Crippen LogP contribution in [0.5, 0.6) is 0 Å². The smallest absolute Gasteiger partial charge is 0.156 e. The summed E-state index contributed by atoms with van der Waals surface area (Å²) in [4.78, 5) is 2.47. The lowest BCUT2D eigenvalue weighted by atomic mass is 9.92. The van der Waals surface area contributed by atoms with Gasteiger partial charge in [0.1, 0.15) is 0 Å². The van der Waals surface area contributed by atoms with Crippen molar-refractivity contribution in [3.05, 3.63) is 0 Å². The highest BCUT2D eigenvalue weighted by Gasteiger charge is 2.34. The predicted molar refractivity (Wildman–Crippen MR) is 69.8 cm³/mol. The Morgan fingerprint density at radius 2 is 1.82 bits per heavy atom. The Bertz CT molecular complexity index is 239. The number of nitriles is 1. The Hall–Kier alpha value is -0.590. The van der Waals surface area contributed by atoms with E-state index in [0.29, 0.717) is 0 Å². The molecule has 17 heavy (non-hydrogen) atoms. The third-order valence-electron chi connectivity index (χ3n) is 3.84. The summed E-state index contributed by atoms with van der Waals surface area (Å²) in [6.45, 7) is 5.45. The minimum atomic E-state index is -0.501. The number of hydrogen-bond acceptors (Lipinski definition) is 3. The van der Waals surface area contributed by atoms with Crippen LogP contribution in [0.4, 0.5) is 0 Å². The van der Waals surface area contributed by atoms with Crippen LogP contribution in [0.25, 0.3) is 0 Å². The number of unbranched alkanes of at least 4 members (excludes halogenated alkanes) is 4. The number of rotatable bonds is 7. The van der Waals surface area contributed by atoms with Crippen LogP contribution in [0.3, 0.4) is 0 Å². The fourth-order valence-corrected chi connectivity index (χ4v) is 2.44. The zero-order chi connectivity index (χ0) is 12.6. The van der Waals surface area contributed by atoms with Gasteiger partial charge in [-0.15, -0.1) is 0 Å². The van der Waals surface area contributed by atoms with Crippen LogP contribution in [0.15, 0.2) is 0 Å². The molecule has 0 aromatic carbocycles. The average Bonchev–Trinajstić information content (AvgIpc) is 2.39. The maximum atomic E-state index is 9.11. The fourth-order valence-electron chi connectivity index (χ4n) is 2.44. The summed E-state index contributed by atoms with van der Waals surface area (Å²) in [5.41, 5.74) is -0.501. The first-order valence-electron chi connectivity index (χ1n) is 6.95. The van der Waals surface area contributed by atoms with Crippen LogP contribution < -0.4 is 0 Å². The molecule has 1 rings (SSSR count). The summed E-state index contributed by atoms with van der Waals surface area (Å²) in [5, 5.41) is 9.11. The van der Waals surface area contributed by atoms with Gasteiger partial charge in [-0.2, -0.15) is 5.26 Å². The van der Waals surface area contributed by atoms with Crippen molar-refractivity contribution in [2.45, 2.75) is 57.5 Å². The number of hydrogen-bond donors (Lipinski definition) is 0. The first-order valence-corrected chi connectivity index (χ1v) is 6.95. The van der Waals surface area contributed by atoms with Crippen molar-refractivity contribution in [1.29, 1.82) is 5.26 Å². The maximum absolute atomic E-state index is 9.11. The molecule has 1 fully saturated rings. The minimum absolute atomic E-state index is 0.501. The van der Waals surface area contributed by atoms with Crippen molar-refractivity contribution >= 4 is 0 Å². The van der Waals surface area contributed by atoms with Crippen molar-refractivity contribution in [1.82, 2.24) is 4.90 Å². The molecule has 0 spiro atoms. The third-order valence-corrected chi connectivity index (χ3v) is 3.84. The molecule has 0 aliphatic carbocycles. The lowest BCUT2D eigenvalue weighted by molar-refractivity contribution is -0.0141. The molecule has 0 amide bonds. The largest absolute Gasteiger partial charge is 0.363 e.